The molecule has 0 bridgehead atoms. The summed E-state index contributed by atoms with van der Waals surface area (Å²) in [5, 5.41) is 9.22. The summed E-state index contributed by atoms with van der Waals surface area (Å²) in [5.41, 5.74) is 7.50. The number of carboxylic acids is 1. The molecule has 2 atom stereocenters. The summed E-state index contributed by atoms with van der Waals surface area (Å²) in [7, 11) is 0. The van der Waals surface area contributed by atoms with Crippen molar-refractivity contribution in [2.45, 2.75) is 51.1 Å². The van der Waals surface area contributed by atoms with Crippen LogP contribution in [0.4, 0.5) is 0 Å². The number of carboxylic acid groups (broad SMARTS) is 1. The number of aliphatic carboxylic acids is 1. The van der Waals surface area contributed by atoms with Gasteiger partial charge in [-0.05, 0) is 29.9 Å². The maximum atomic E-state index is 11.2. The summed E-state index contributed by atoms with van der Waals surface area (Å²) in [6.45, 7) is 9.83. The van der Waals surface area contributed by atoms with E-state index in [0.717, 1.165) is 6.54 Å². The lowest BCUT2D eigenvalue weighted by atomic mass is 9.86. The van der Waals surface area contributed by atoms with Crippen LogP contribution in [-0.2, 0) is 10.2 Å². The van der Waals surface area contributed by atoms with Gasteiger partial charge in [0.2, 0.25) is 0 Å². The Hall–Kier alpha value is -1.39. The van der Waals surface area contributed by atoms with Gasteiger partial charge in [0.15, 0.2) is 0 Å². The van der Waals surface area contributed by atoms with Gasteiger partial charge in [-0.1, -0.05) is 45.0 Å². The van der Waals surface area contributed by atoms with E-state index >= 15 is 0 Å². The van der Waals surface area contributed by atoms with Gasteiger partial charge in [0.05, 0.1) is 0 Å². The summed E-state index contributed by atoms with van der Waals surface area (Å²) in [5.74, 6) is -0.903. The zero-order valence-corrected chi connectivity index (χ0v) is 13.4. The van der Waals surface area contributed by atoms with Crippen LogP contribution >= 0.6 is 0 Å². The molecule has 3 N–H and O–H groups in total. The summed E-state index contributed by atoms with van der Waals surface area (Å²) < 4.78 is 0. The van der Waals surface area contributed by atoms with Crippen LogP contribution in [0.5, 0.6) is 0 Å². The van der Waals surface area contributed by atoms with Gasteiger partial charge in [-0.2, -0.15) is 0 Å². The molecule has 1 aromatic rings. The zero-order valence-electron chi connectivity index (χ0n) is 13.4. The van der Waals surface area contributed by atoms with Gasteiger partial charge >= 0.3 is 5.97 Å². The predicted molar refractivity (Wildman–Crippen MR) is 84.3 cm³/mol. The molecule has 116 valence electrons. The van der Waals surface area contributed by atoms with Crippen LogP contribution in [0, 0.1) is 0 Å². The van der Waals surface area contributed by atoms with Crippen LogP contribution in [0.3, 0.4) is 0 Å². The first-order valence-electron chi connectivity index (χ1n) is 7.50. The highest BCUT2D eigenvalue weighted by atomic mass is 16.4. The van der Waals surface area contributed by atoms with Gasteiger partial charge in [-0.3, -0.25) is 9.69 Å². The molecule has 2 unspecified atom stereocenters. The average molecular weight is 290 g/mol. The van der Waals surface area contributed by atoms with Crippen molar-refractivity contribution in [1.29, 1.82) is 0 Å². The van der Waals surface area contributed by atoms with Crippen LogP contribution in [0.1, 0.15) is 51.3 Å². The van der Waals surface area contributed by atoms with Gasteiger partial charge in [-0.15, -0.1) is 0 Å². The number of likely N-dealkylation sites (tertiary alicyclic amines) is 1. The molecule has 4 heteroatoms. The smallest absolute Gasteiger partial charge is 0.325 e. The molecule has 4 nitrogen and oxygen atoms in total. The van der Waals surface area contributed by atoms with Crippen LogP contribution in [0.2, 0.25) is 0 Å². The summed E-state index contributed by atoms with van der Waals surface area (Å²) in [6.07, 6.45) is 0.507. The normalized spacial score (nSPS) is 25.0. The minimum Gasteiger partial charge on any atom is -0.480 e. The Kier molecular flexibility index (Phi) is 4.13. The van der Waals surface area contributed by atoms with Crippen molar-refractivity contribution in [3.8, 4) is 0 Å². The molecule has 0 aliphatic carbocycles. The second kappa shape index (κ2) is 5.43. The number of hydrogen-bond acceptors (Lipinski definition) is 3. The highest BCUT2D eigenvalue weighted by molar-refractivity contribution is 5.79. The maximum Gasteiger partial charge on any atom is 0.325 e. The Morgan fingerprint density at radius 2 is 1.90 bits per heavy atom. The third-order valence-corrected chi connectivity index (χ3v) is 4.56. The van der Waals surface area contributed by atoms with E-state index in [1.165, 1.54) is 11.1 Å². The molecular formula is C17H26N2O2. The Balaban J connectivity index is 2.11. The largest absolute Gasteiger partial charge is 0.480 e. The van der Waals surface area contributed by atoms with E-state index in [9.17, 15) is 9.90 Å². The lowest BCUT2D eigenvalue weighted by Gasteiger charge is -2.27. The van der Waals surface area contributed by atoms with Gasteiger partial charge in [-0.25, -0.2) is 0 Å². The lowest BCUT2D eigenvalue weighted by molar-refractivity contribution is -0.142. The number of nitrogens with zero attached hydrogens (tertiary/aromatic N) is 1. The minimum atomic E-state index is -1.10. The van der Waals surface area contributed by atoms with Crippen molar-refractivity contribution in [1.82, 2.24) is 4.90 Å². The summed E-state index contributed by atoms with van der Waals surface area (Å²) >= 11 is 0. The van der Waals surface area contributed by atoms with Crippen molar-refractivity contribution in [3.63, 3.8) is 0 Å². The highest BCUT2D eigenvalue weighted by Crippen LogP contribution is 2.30. The number of benzene rings is 1. The molecule has 0 radical (unpaired) electrons. The van der Waals surface area contributed by atoms with Crippen molar-refractivity contribution < 1.29 is 9.90 Å². The highest BCUT2D eigenvalue weighted by Gasteiger charge is 2.42. The molecule has 1 aromatic carbocycles. The first kappa shape index (κ1) is 16.0. The van der Waals surface area contributed by atoms with Gasteiger partial charge in [0.25, 0.3) is 0 Å². The van der Waals surface area contributed by atoms with Crippen molar-refractivity contribution in [3.05, 3.63) is 35.4 Å². The Bertz CT molecular complexity index is 519. The second-order valence-corrected chi connectivity index (χ2v) is 7.23. The molecule has 21 heavy (non-hydrogen) atoms. The van der Waals surface area contributed by atoms with E-state index in [1.54, 1.807) is 0 Å². The fourth-order valence-electron chi connectivity index (χ4n) is 2.84. The lowest BCUT2D eigenvalue weighted by Crippen LogP contribution is -2.50. The van der Waals surface area contributed by atoms with Crippen molar-refractivity contribution >= 4 is 5.97 Å². The summed E-state index contributed by atoms with van der Waals surface area (Å²) in [6, 6.07) is 8.79. The third-order valence-electron chi connectivity index (χ3n) is 4.56. The van der Waals surface area contributed by atoms with Gasteiger partial charge in [0.1, 0.15) is 5.54 Å². The topological polar surface area (TPSA) is 66.6 Å². The molecule has 0 amide bonds. The minimum absolute atomic E-state index is 0.144. The third kappa shape index (κ3) is 3.27. The molecule has 1 aliphatic heterocycles. The number of carbonyl (C=O) groups is 1. The molecule has 0 saturated carbocycles. The van der Waals surface area contributed by atoms with Crippen LogP contribution in [0.25, 0.3) is 0 Å². The Morgan fingerprint density at radius 1 is 1.33 bits per heavy atom. The van der Waals surface area contributed by atoms with Gasteiger partial charge in [0, 0.05) is 19.1 Å². The number of hydrogen-bond donors (Lipinski definition) is 2. The first-order valence-corrected chi connectivity index (χ1v) is 7.50. The number of nitrogens with two attached hydrogens (primary N) is 1. The first-order chi connectivity index (χ1) is 9.63. The van der Waals surface area contributed by atoms with Crippen LogP contribution < -0.4 is 5.73 Å². The average Bonchev–Trinajstić information content (AvgIpc) is 2.81. The van der Waals surface area contributed by atoms with Crippen LogP contribution in [0.15, 0.2) is 24.3 Å². The monoisotopic (exact) mass is 290 g/mol. The molecule has 0 aromatic heterocycles. The predicted octanol–water partition coefficient (Wildman–Crippen LogP) is 2.53. The molecule has 1 saturated heterocycles. The van der Waals surface area contributed by atoms with E-state index in [4.69, 9.17) is 5.73 Å². The van der Waals surface area contributed by atoms with E-state index in [1.807, 2.05) is 0 Å². The molecule has 0 spiro atoms. The molecule has 2 rings (SSSR count). The Morgan fingerprint density at radius 3 is 2.33 bits per heavy atom. The van der Waals surface area contributed by atoms with Gasteiger partial charge < -0.3 is 10.8 Å². The summed E-state index contributed by atoms with van der Waals surface area (Å²) in [4.78, 5) is 13.4. The van der Waals surface area contributed by atoms with E-state index in [-0.39, 0.29) is 11.5 Å². The van der Waals surface area contributed by atoms with E-state index in [0.29, 0.717) is 13.0 Å². The Labute approximate surface area is 126 Å². The van der Waals surface area contributed by atoms with Crippen molar-refractivity contribution in [2.75, 3.05) is 13.1 Å². The molecule has 1 fully saturated rings. The standard InChI is InChI=1S/C17H26N2O2/c1-12(19-10-9-17(18,11-19)15(20)21)13-5-7-14(8-6-13)16(2,3)4/h5-8,12H,9-11,18H2,1-4H3,(H,20,21). The molecule has 1 aliphatic rings. The number of rotatable bonds is 3. The van der Waals surface area contributed by atoms with E-state index < -0.39 is 11.5 Å². The van der Waals surface area contributed by atoms with Crippen LogP contribution in [-0.4, -0.2) is 34.6 Å². The zero-order chi connectivity index (χ0) is 15.8. The quantitative estimate of drug-likeness (QED) is 0.897. The fraction of sp³-hybridized carbons (Fsp3) is 0.588. The van der Waals surface area contributed by atoms with E-state index in [2.05, 4.69) is 56.9 Å². The molecular weight excluding hydrogens is 264 g/mol. The second-order valence-electron chi connectivity index (χ2n) is 7.23. The van der Waals surface area contributed by atoms with Crippen molar-refractivity contribution in [2.24, 2.45) is 5.73 Å². The maximum absolute atomic E-state index is 11.2. The fourth-order valence-corrected chi connectivity index (χ4v) is 2.84. The molecule has 1 heterocycles. The SMILES string of the molecule is CC(c1ccc(C(C)(C)C)cc1)N1CCC(N)(C(=O)O)C1.